The van der Waals surface area contributed by atoms with E-state index in [1.807, 2.05) is 96.0 Å². The normalized spacial score (nSPS) is 16.5. The lowest BCUT2D eigenvalue weighted by Crippen LogP contribution is -2.57. The third-order valence-corrected chi connectivity index (χ3v) is 27.4. The van der Waals surface area contributed by atoms with Gasteiger partial charge in [0, 0.05) is 75.7 Å². The number of benzene rings is 3. The Morgan fingerprint density at radius 3 is 2.21 bits per heavy atom. The fraction of sp³-hybridized carbons (Fsp3) is 0.481. The smallest absolute Gasteiger partial charge is 0.410 e. The highest BCUT2D eigenvalue weighted by molar-refractivity contribution is 7.13. The molecule has 0 radical (unpaired) electrons. The van der Waals surface area contributed by atoms with Crippen molar-refractivity contribution in [1.82, 2.24) is 49.5 Å². The van der Waals surface area contributed by atoms with Crippen molar-refractivity contribution >= 4 is 70.7 Å². The summed E-state index contributed by atoms with van der Waals surface area (Å²) in [5.41, 5.74) is 8.71. The number of hydrogen-bond donors (Lipinski definition) is 3. The number of aromatic nitrogens is 6. The average Bonchev–Trinajstić information content (AvgIpc) is 1.06. The molecule has 3 aromatic carbocycles. The van der Waals surface area contributed by atoms with Crippen molar-refractivity contribution in [2.75, 3.05) is 51.5 Å². The van der Waals surface area contributed by atoms with E-state index < -0.39 is 48.6 Å². The predicted molar refractivity (Wildman–Crippen MR) is 392 cm³/mol. The van der Waals surface area contributed by atoms with Crippen LogP contribution in [-0.4, -0.2) is 146 Å². The molecular weight excluding hydrogens is 1320 g/mol. The third kappa shape index (κ3) is 16.1. The number of hydrogen-bond acceptors (Lipinski definition) is 16. The van der Waals surface area contributed by atoms with Crippen molar-refractivity contribution in [3.8, 4) is 50.7 Å². The Balaban J connectivity index is 0.792. The molecule has 3 fully saturated rings. The maximum Gasteiger partial charge on any atom is 0.410 e. The van der Waals surface area contributed by atoms with Crippen molar-refractivity contribution < 1.29 is 52.0 Å². The predicted octanol–water partition coefficient (Wildman–Crippen LogP) is 14.5. The standard InChI is InChI=1S/C77H95F2N11O9SSi/c1-46(2)101(47(3)4,48(5)6)33-28-59-62(78)24-21-53-34-58(98-45-96-14)36-60(65(53)59)67-66(79)68-61(38-80-67)71(88-40-54-22-23-55(41-88)90(54)75(95)99-77(11,12)13)85-74(84-68)97-43-56-16-15-29-87(56)39-51-25-30-86(31-26-51)32-27-64(92)83-70(76(8,9)10)73(94)89-42-57(91)35-63(89)72(93)81-37-50-17-19-52(20-18-50)69-49(7)82-44-100-69/h15-21,24,29,34-36,38,42,44,46-48,51,54-55,70,91H,22-23,25-27,30-32,37,39-41,43,45H2,1-14H3,(H,81,93)(H,83,92)/t54-,55-,70+/m0/s1. The van der Waals surface area contributed by atoms with Gasteiger partial charge in [0.1, 0.15) is 66.4 Å². The summed E-state index contributed by atoms with van der Waals surface area (Å²) in [6.07, 6.45) is 7.73. The van der Waals surface area contributed by atoms with Crippen molar-refractivity contribution in [2.45, 2.75) is 182 Å². The summed E-state index contributed by atoms with van der Waals surface area (Å²) in [5, 5.41) is 17.7. The van der Waals surface area contributed by atoms with Crippen molar-refractivity contribution in [2.24, 2.45) is 11.3 Å². The van der Waals surface area contributed by atoms with Crippen LogP contribution >= 0.6 is 11.3 Å². The summed E-state index contributed by atoms with van der Waals surface area (Å²) in [6, 6.07) is 17.9. The molecule has 0 unspecified atom stereocenters. The molecule has 5 aromatic heterocycles. The Bertz CT molecular complexity index is 4390. The van der Waals surface area contributed by atoms with Crippen molar-refractivity contribution in [3.05, 3.63) is 131 Å². The second-order valence-corrected chi connectivity index (χ2v) is 36.6. The number of nitrogens with one attached hydrogen (secondary N) is 2. The molecular formula is C77H95F2N11O9SSi. The molecule has 11 rings (SSSR count). The van der Waals surface area contributed by atoms with E-state index in [2.05, 4.69) is 83.0 Å². The topological polar surface area (TPSA) is 221 Å². The van der Waals surface area contributed by atoms with Gasteiger partial charge in [0.05, 0.1) is 51.0 Å². The Morgan fingerprint density at radius 1 is 0.861 bits per heavy atom. The lowest BCUT2D eigenvalue weighted by atomic mass is 9.86. The number of carbonyl (C=O) groups excluding carboxylic acids is 4. The number of nitrogens with zero attached hydrogens (tertiary/aromatic N) is 9. The molecule has 0 aliphatic carbocycles. The fourth-order valence-corrected chi connectivity index (χ4v) is 21.0. The van der Waals surface area contributed by atoms with E-state index >= 15 is 8.78 Å². The summed E-state index contributed by atoms with van der Waals surface area (Å²) < 4.78 is 62.0. The number of piperidine rings is 1. The fourth-order valence-electron chi connectivity index (χ4n) is 15.0. The number of rotatable bonds is 22. The van der Waals surface area contributed by atoms with Crippen LogP contribution in [0.4, 0.5) is 19.4 Å². The van der Waals surface area contributed by atoms with E-state index in [0.717, 1.165) is 70.7 Å². The monoisotopic (exact) mass is 1420 g/mol. The molecule has 8 aromatic rings. The number of likely N-dealkylation sites (tertiary alicyclic amines) is 1. The number of ether oxygens (including phenoxy) is 4. The zero-order chi connectivity index (χ0) is 72.4. The summed E-state index contributed by atoms with van der Waals surface area (Å²) in [6.45, 7) is 29.8. The van der Waals surface area contributed by atoms with Crippen LogP contribution in [0.5, 0.6) is 17.5 Å². The lowest BCUT2D eigenvalue weighted by molar-refractivity contribution is -0.122. The molecule has 3 aliphatic rings. The average molecular weight is 1420 g/mol. The van der Waals surface area contributed by atoms with Gasteiger partial charge in [-0.2, -0.15) is 9.97 Å². The molecule has 101 heavy (non-hydrogen) atoms. The maximum atomic E-state index is 18.3. The highest BCUT2D eigenvalue weighted by Gasteiger charge is 2.46. The van der Waals surface area contributed by atoms with Gasteiger partial charge in [0.2, 0.25) is 5.91 Å². The molecule has 3 aliphatic heterocycles. The molecule has 3 saturated heterocycles. The van der Waals surface area contributed by atoms with Gasteiger partial charge in [-0.15, -0.1) is 16.9 Å². The van der Waals surface area contributed by atoms with Gasteiger partial charge in [-0.3, -0.25) is 28.8 Å². The van der Waals surface area contributed by atoms with Crippen LogP contribution < -0.4 is 25.0 Å². The zero-order valence-electron chi connectivity index (χ0n) is 60.5. The Kier molecular flexibility index (Phi) is 22.1. The molecule has 3 atom stereocenters. The number of halogens is 2. The highest BCUT2D eigenvalue weighted by Crippen LogP contribution is 2.44. The van der Waals surface area contributed by atoms with Gasteiger partial charge in [-0.1, -0.05) is 98.6 Å². The molecule has 2 bridgehead atoms. The van der Waals surface area contributed by atoms with Gasteiger partial charge in [0.25, 0.3) is 11.8 Å². The van der Waals surface area contributed by atoms with E-state index in [-0.39, 0.29) is 113 Å². The number of pyridine rings is 1. The third-order valence-electron chi connectivity index (χ3n) is 20.1. The summed E-state index contributed by atoms with van der Waals surface area (Å²) in [4.78, 5) is 81.7. The van der Waals surface area contributed by atoms with Crippen LogP contribution in [-0.2, 0) is 34.0 Å². The number of anilines is 1. The van der Waals surface area contributed by atoms with Crippen LogP contribution in [0.25, 0.3) is 43.4 Å². The molecule has 0 spiro atoms. The van der Waals surface area contributed by atoms with E-state index in [1.54, 1.807) is 41.2 Å². The highest BCUT2D eigenvalue weighted by atomic mass is 32.1. The molecule has 3 amide bonds. The second kappa shape index (κ2) is 30.4. The van der Waals surface area contributed by atoms with E-state index in [9.17, 15) is 24.3 Å². The Labute approximate surface area is 595 Å². The van der Waals surface area contributed by atoms with E-state index in [0.29, 0.717) is 53.9 Å². The van der Waals surface area contributed by atoms with Gasteiger partial charge >= 0.3 is 12.1 Å². The SMILES string of the molecule is COCOc1cc(-c2ncc3c(N4C[C@@H]5CC[C@@H](C4)N5C(=O)OC(C)(C)C)nc(OCc4cccn4CC4CCN(CCC(=O)N[C@H](C(=O)n5cc(O)cc5C(=O)NCc5ccc(-c6scnc6C)cc5)C(C)(C)C)CC4)nc3c2F)c2c(C#C[Si](C(C)C)(C(C)C)C(C)C)c(F)ccc2c1. The van der Waals surface area contributed by atoms with Crippen LogP contribution in [0.1, 0.15) is 153 Å². The minimum Gasteiger partial charge on any atom is -0.506 e. The van der Waals surface area contributed by atoms with E-state index in [4.69, 9.17) is 33.9 Å². The number of piperazine rings is 1. The first-order chi connectivity index (χ1) is 48.0. The largest absolute Gasteiger partial charge is 0.506 e. The van der Waals surface area contributed by atoms with Gasteiger partial charge in [-0.25, -0.2) is 18.6 Å². The molecule has 8 heterocycles. The number of aryl methyl sites for hydroxylation is 1. The molecule has 536 valence electrons. The molecule has 0 saturated carbocycles. The van der Waals surface area contributed by atoms with Gasteiger partial charge in [0.15, 0.2) is 12.6 Å². The van der Waals surface area contributed by atoms with Crippen LogP contribution in [0.15, 0.2) is 90.8 Å². The van der Waals surface area contributed by atoms with Gasteiger partial charge in [-0.05, 0) is 141 Å². The molecule has 3 N–H and O–H groups in total. The summed E-state index contributed by atoms with van der Waals surface area (Å²) >= 11 is 1.56. The first kappa shape index (κ1) is 73.5. The van der Waals surface area contributed by atoms with Crippen LogP contribution in [0.3, 0.4) is 0 Å². The zero-order valence-corrected chi connectivity index (χ0v) is 62.3. The number of fused-ring (bicyclic) bond motifs is 4. The lowest BCUT2D eigenvalue weighted by Gasteiger charge is -2.42. The minimum atomic E-state index is -2.39. The quantitative estimate of drug-likeness (QED) is 0.0326. The Morgan fingerprint density at radius 2 is 1.56 bits per heavy atom. The second-order valence-electron chi connectivity index (χ2n) is 30.2. The van der Waals surface area contributed by atoms with Gasteiger partial charge < -0.3 is 49.1 Å². The number of carbonyl (C=O) groups is 4. The van der Waals surface area contributed by atoms with Crippen LogP contribution in [0, 0.1) is 41.4 Å². The number of aromatic hydroxyl groups is 1. The maximum absolute atomic E-state index is 18.3. The first-order valence-electron chi connectivity index (χ1n) is 35.1. The van der Waals surface area contributed by atoms with Crippen molar-refractivity contribution in [1.29, 1.82) is 0 Å². The first-order valence-corrected chi connectivity index (χ1v) is 38.2. The molecule has 24 heteroatoms. The summed E-state index contributed by atoms with van der Waals surface area (Å²) in [7, 11) is -0.885. The number of thiazole rings is 1. The Hall–Kier alpha value is -8.76. The van der Waals surface area contributed by atoms with E-state index in [1.165, 1.54) is 25.4 Å². The number of methoxy groups -OCH3 is 1. The minimum absolute atomic E-state index is 0.0457. The van der Waals surface area contributed by atoms with Crippen LogP contribution in [0.2, 0.25) is 16.6 Å². The van der Waals surface area contributed by atoms with Crippen molar-refractivity contribution in [3.63, 3.8) is 0 Å². The number of amides is 3. The molecule has 20 nitrogen and oxygen atoms in total. The summed E-state index contributed by atoms with van der Waals surface area (Å²) in [5.74, 6) is 1.40.